The van der Waals surface area contributed by atoms with Crippen molar-refractivity contribution in [2.24, 2.45) is 0 Å². The highest BCUT2D eigenvalue weighted by atomic mass is 16.7. The van der Waals surface area contributed by atoms with Crippen molar-refractivity contribution in [3.63, 3.8) is 0 Å². The topological polar surface area (TPSA) is 27.7 Å². The third-order valence-electron chi connectivity index (χ3n) is 1.24. The van der Waals surface area contributed by atoms with Gasteiger partial charge in [-0.25, -0.2) is 0 Å². The van der Waals surface area contributed by atoms with E-state index in [-0.39, 0.29) is 0 Å². The van der Waals surface area contributed by atoms with Crippen LogP contribution in [0, 0.1) is 0 Å². The molecule has 0 radical (unpaired) electrons. The van der Waals surface area contributed by atoms with Gasteiger partial charge in [0, 0.05) is 13.2 Å². The highest BCUT2D eigenvalue weighted by Crippen LogP contribution is 1.84. The van der Waals surface area contributed by atoms with Crippen LogP contribution in [0.3, 0.4) is 0 Å². The second kappa shape index (κ2) is 10.9. The van der Waals surface area contributed by atoms with Crippen molar-refractivity contribution >= 4 is 0 Å². The SMILES string of the molecule is CCCOCCOCOCCC. The van der Waals surface area contributed by atoms with Crippen molar-refractivity contribution in [2.75, 3.05) is 33.2 Å². The zero-order valence-electron chi connectivity index (χ0n) is 8.17. The molecular formula is C9H20O3. The molecule has 0 aliphatic carbocycles. The standard InChI is InChI=1S/C9H20O3/c1-3-5-10-7-8-12-9-11-6-4-2/h3-9H2,1-2H3. The van der Waals surface area contributed by atoms with Gasteiger partial charge in [0.25, 0.3) is 0 Å². The largest absolute Gasteiger partial charge is 0.379 e. The molecule has 12 heavy (non-hydrogen) atoms. The molecule has 0 aliphatic heterocycles. The summed E-state index contributed by atoms with van der Waals surface area (Å²) in [5.41, 5.74) is 0. The monoisotopic (exact) mass is 176 g/mol. The fourth-order valence-corrected chi connectivity index (χ4v) is 0.685. The fraction of sp³-hybridized carbons (Fsp3) is 1.00. The number of rotatable bonds is 9. The maximum atomic E-state index is 5.21. The van der Waals surface area contributed by atoms with E-state index >= 15 is 0 Å². The Balaban J connectivity index is 2.73. The quantitative estimate of drug-likeness (QED) is 0.396. The molecule has 0 N–H and O–H groups in total. The highest BCUT2D eigenvalue weighted by Gasteiger charge is 1.88. The summed E-state index contributed by atoms with van der Waals surface area (Å²) >= 11 is 0. The molecule has 0 spiro atoms. The summed E-state index contributed by atoms with van der Waals surface area (Å²) in [7, 11) is 0. The van der Waals surface area contributed by atoms with E-state index in [1.807, 2.05) is 0 Å². The van der Waals surface area contributed by atoms with Gasteiger partial charge in [0.1, 0.15) is 6.79 Å². The molecule has 0 atom stereocenters. The Morgan fingerprint density at radius 3 is 1.83 bits per heavy atom. The molecule has 0 saturated carbocycles. The molecule has 0 saturated heterocycles. The van der Waals surface area contributed by atoms with Crippen LogP contribution < -0.4 is 0 Å². The van der Waals surface area contributed by atoms with Crippen molar-refractivity contribution in [1.82, 2.24) is 0 Å². The molecule has 0 aliphatic rings. The Morgan fingerprint density at radius 2 is 1.17 bits per heavy atom. The van der Waals surface area contributed by atoms with Crippen molar-refractivity contribution < 1.29 is 14.2 Å². The van der Waals surface area contributed by atoms with Gasteiger partial charge >= 0.3 is 0 Å². The van der Waals surface area contributed by atoms with E-state index in [1.54, 1.807) is 0 Å². The Morgan fingerprint density at radius 1 is 0.667 bits per heavy atom. The first-order chi connectivity index (χ1) is 5.91. The van der Waals surface area contributed by atoms with Crippen LogP contribution in [-0.2, 0) is 14.2 Å². The minimum absolute atomic E-state index is 0.392. The van der Waals surface area contributed by atoms with Gasteiger partial charge in [-0.05, 0) is 12.8 Å². The molecule has 3 heteroatoms. The smallest absolute Gasteiger partial charge is 0.146 e. The van der Waals surface area contributed by atoms with Gasteiger partial charge in [-0.15, -0.1) is 0 Å². The minimum Gasteiger partial charge on any atom is -0.379 e. The summed E-state index contributed by atoms with van der Waals surface area (Å²) in [5.74, 6) is 0. The molecule has 3 nitrogen and oxygen atoms in total. The van der Waals surface area contributed by atoms with Crippen LogP contribution >= 0.6 is 0 Å². The summed E-state index contributed by atoms with van der Waals surface area (Å²) in [5, 5.41) is 0. The third kappa shape index (κ3) is 9.88. The summed E-state index contributed by atoms with van der Waals surface area (Å²) in [6.07, 6.45) is 2.10. The molecule has 0 amide bonds. The number of ether oxygens (including phenoxy) is 3. The van der Waals surface area contributed by atoms with E-state index in [1.165, 1.54) is 0 Å². The van der Waals surface area contributed by atoms with Gasteiger partial charge < -0.3 is 14.2 Å². The van der Waals surface area contributed by atoms with E-state index < -0.39 is 0 Å². The summed E-state index contributed by atoms with van der Waals surface area (Å²) in [6.45, 7) is 7.45. The third-order valence-corrected chi connectivity index (χ3v) is 1.24. The fourth-order valence-electron chi connectivity index (χ4n) is 0.685. The second-order valence-corrected chi connectivity index (χ2v) is 2.55. The average molecular weight is 176 g/mol. The van der Waals surface area contributed by atoms with Gasteiger partial charge in [-0.2, -0.15) is 0 Å². The van der Waals surface area contributed by atoms with Crippen molar-refractivity contribution in [1.29, 1.82) is 0 Å². The second-order valence-electron chi connectivity index (χ2n) is 2.55. The van der Waals surface area contributed by atoms with Crippen LogP contribution in [0.4, 0.5) is 0 Å². The van der Waals surface area contributed by atoms with Crippen LogP contribution in [0.1, 0.15) is 26.7 Å². The Kier molecular flexibility index (Phi) is 10.8. The predicted molar refractivity (Wildman–Crippen MR) is 48.2 cm³/mol. The van der Waals surface area contributed by atoms with E-state index in [0.717, 1.165) is 26.1 Å². The molecule has 0 rings (SSSR count). The lowest BCUT2D eigenvalue weighted by atomic mass is 10.5. The molecule has 0 heterocycles. The molecular weight excluding hydrogens is 156 g/mol. The van der Waals surface area contributed by atoms with Crippen LogP contribution in [0.15, 0.2) is 0 Å². The summed E-state index contributed by atoms with van der Waals surface area (Å²) in [6, 6.07) is 0. The van der Waals surface area contributed by atoms with Gasteiger partial charge in [-0.1, -0.05) is 13.8 Å². The molecule has 0 aromatic heterocycles. The lowest BCUT2D eigenvalue weighted by Gasteiger charge is -2.04. The molecule has 0 aromatic carbocycles. The van der Waals surface area contributed by atoms with Crippen LogP contribution in [0.25, 0.3) is 0 Å². The normalized spacial score (nSPS) is 10.5. The maximum Gasteiger partial charge on any atom is 0.146 e. The predicted octanol–water partition coefficient (Wildman–Crippen LogP) is 1.81. The van der Waals surface area contributed by atoms with Crippen LogP contribution in [-0.4, -0.2) is 33.2 Å². The Hall–Kier alpha value is -0.120. The number of hydrogen-bond donors (Lipinski definition) is 0. The van der Waals surface area contributed by atoms with Gasteiger partial charge in [0.2, 0.25) is 0 Å². The zero-order valence-corrected chi connectivity index (χ0v) is 8.17. The molecule has 0 aromatic rings. The first-order valence-electron chi connectivity index (χ1n) is 4.65. The maximum absolute atomic E-state index is 5.21. The van der Waals surface area contributed by atoms with Crippen LogP contribution in [0.5, 0.6) is 0 Å². The van der Waals surface area contributed by atoms with E-state index in [0.29, 0.717) is 20.0 Å². The Labute approximate surface area is 75.0 Å². The van der Waals surface area contributed by atoms with E-state index in [4.69, 9.17) is 14.2 Å². The van der Waals surface area contributed by atoms with Crippen LogP contribution in [0.2, 0.25) is 0 Å². The van der Waals surface area contributed by atoms with Gasteiger partial charge in [0.15, 0.2) is 0 Å². The molecule has 0 bridgehead atoms. The zero-order chi connectivity index (χ0) is 9.07. The van der Waals surface area contributed by atoms with E-state index in [9.17, 15) is 0 Å². The van der Waals surface area contributed by atoms with Gasteiger partial charge in [-0.3, -0.25) is 0 Å². The first-order valence-corrected chi connectivity index (χ1v) is 4.65. The van der Waals surface area contributed by atoms with Crippen molar-refractivity contribution in [2.45, 2.75) is 26.7 Å². The van der Waals surface area contributed by atoms with Crippen molar-refractivity contribution in [3.05, 3.63) is 0 Å². The average Bonchev–Trinajstić information content (AvgIpc) is 2.10. The molecule has 0 unspecified atom stereocenters. The minimum atomic E-state index is 0.392. The summed E-state index contributed by atoms with van der Waals surface area (Å²) < 4.78 is 15.5. The summed E-state index contributed by atoms with van der Waals surface area (Å²) in [4.78, 5) is 0. The first kappa shape index (κ1) is 11.9. The lowest BCUT2D eigenvalue weighted by molar-refractivity contribution is -0.0690. The van der Waals surface area contributed by atoms with Crippen molar-refractivity contribution in [3.8, 4) is 0 Å². The number of hydrogen-bond acceptors (Lipinski definition) is 3. The Bertz CT molecular complexity index is 66.2. The molecule has 74 valence electrons. The van der Waals surface area contributed by atoms with E-state index in [2.05, 4.69) is 13.8 Å². The lowest BCUT2D eigenvalue weighted by Crippen LogP contribution is -2.07. The van der Waals surface area contributed by atoms with Gasteiger partial charge in [0.05, 0.1) is 13.2 Å². The highest BCUT2D eigenvalue weighted by molar-refractivity contribution is 4.28. The molecule has 0 fully saturated rings.